The number of halogens is 2. The average molecular weight is 572 g/mol. The van der Waals surface area contributed by atoms with Gasteiger partial charge in [-0.1, -0.05) is 29.8 Å². The highest BCUT2D eigenvalue weighted by molar-refractivity contribution is 14.0. The Labute approximate surface area is 212 Å². The van der Waals surface area contributed by atoms with Gasteiger partial charge in [0.15, 0.2) is 5.96 Å². The van der Waals surface area contributed by atoms with Crippen LogP contribution in [0.1, 0.15) is 18.4 Å². The molecule has 3 N–H and O–H groups in total. The molecule has 0 radical (unpaired) electrons. The number of carbonyl (C=O) groups is 1. The van der Waals surface area contributed by atoms with E-state index in [0.717, 1.165) is 42.2 Å². The molecule has 1 atom stereocenters. The summed E-state index contributed by atoms with van der Waals surface area (Å²) < 4.78 is 5.48. The first-order chi connectivity index (χ1) is 15.0. The zero-order chi connectivity index (χ0) is 22.2. The number of hydrogen-bond donors (Lipinski definition) is 3. The minimum absolute atomic E-state index is 0. The number of anilines is 2. The van der Waals surface area contributed by atoms with Crippen LogP contribution < -0.4 is 25.6 Å². The van der Waals surface area contributed by atoms with Gasteiger partial charge in [0.2, 0.25) is 5.91 Å². The summed E-state index contributed by atoms with van der Waals surface area (Å²) in [5, 5.41) is 10.2. The Bertz CT molecular complexity index is 940. The number of ether oxygens (including phenoxy) is 1. The Morgan fingerprint density at radius 3 is 2.78 bits per heavy atom. The summed E-state index contributed by atoms with van der Waals surface area (Å²) in [6.07, 6.45) is 1.32. The first kappa shape index (κ1) is 26.1. The zero-order valence-electron chi connectivity index (χ0n) is 18.7. The lowest BCUT2D eigenvalue weighted by molar-refractivity contribution is -0.116. The Kier molecular flexibility index (Phi) is 10.4. The van der Waals surface area contributed by atoms with Crippen LogP contribution in [0.25, 0.3) is 0 Å². The number of rotatable bonds is 7. The summed E-state index contributed by atoms with van der Waals surface area (Å²) in [5.74, 6) is 1.50. The van der Waals surface area contributed by atoms with Crippen molar-refractivity contribution in [2.24, 2.45) is 4.99 Å². The van der Waals surface area contributed by atoms with Gasteiger partial charge >= 0.3 is 0 Å². The van der Waals surface area contributed by atoms with Crippen LogP contribution in [0.4, 0.5) is 11.4 Å². The van der Waals surface area contributed by atoms with Gasteiger partial charge in [-0.15, -0.1) is 24.0 Å². The van der Waals surface area contributed by atoms with Crippen LogP contribution in [0.3, 0.4) is 0 Å². The van der Waals surface area contributed by atoms with Gasteiger partial charge in [-0.3, -0.25) is 9.79 Å². The summed E-state index contributed by atoms with van der Waals surface area (Å²) in [4.78, 5) is 18.9. The van der Waals surface area contributed by atoms with Crippen LogP contribution in [0.2, 0.25) is 5.02 Å². The minimum Gasteiger partial charge on any atom is -0.495 e. The third kappa shape index (κ3) is 6.90. The van der Waals surface area contributed by atoms with E-state index in [4.69, 9.17) is 16.3 Å². The predicted octanol–water partition coefficient (Wildman–Crippen LogP) is 4.05. The third-order valence-electron chi connectivity index (χ3n) is 5.36. The van der Waals surface area contributed by atoms with Crippen molar-refractivity contribution in [3.63, 3.8) is 0 Å². The molecule has 2 aromatic carbocycles. The third-order valence-corrected chi connectivity index (χ3v) is 5.77. The molecule has 0 spiro atoms. The Balaban J connectivity index is 0.00000363. The van der Waals surface area contributed by atoms with Gasteiger partial charge < -0.3 is 25.6 Å². The first-order valence-corrected chi connectivity index (χ1v) is 10.8. The van der Waals surface area contributed by atoms with Crippen molar-refractivity contribution in [3.8, 4) is 5.75 Å². The Morgan fingerprint density at radius 2 is 2.03 bits per heavy atom. The molecular weight excluding hydrogens is 541 g/mol. The van der Waals surface area contributed by atoms with Crippen molar-refractivity contribution in [2.45, 2.75) is 25.8 Å². The number of para-hydroxylation sites is 2. The molecule has 1 fully saturated rings. The molecule has 1 unspecified atom stereocenters. The monoisotopic (exact) mass is 571 g/mol. The largest absolute Gasteiger partial charge is 0.495 e. The van der Waals surface area contributed by atoms with E-state index in [1.165, 1.54) is 0 Å². The normalized spacial score (nSPS) is 15.7. The van der Waals surface area contributed by atoms with Crippen LogP contribution in [0.15, 0.2) is 47.5 Å². The maximum absolute atomic E-state index is 12.3. The van der Waals surface area contributed by atoms with Crippen LogP contribution in [-0.2, 0) is 4.79 Å². The van der Waals surface area contributed by atoms with E-state index in [1.54, 1.807) is 14.2 Å². The van der Waals surface area contributed by atoms with Gasteiger partial charge in [0.25, 0.3) is 0 Å². The number of nitrogens with one attached hydrogen (secondary N) is 3. The van der Waals surface area contributed by atoms with E-state index in [0.29, 0.717) is 23.9 Å². The molecule has 9 heteroatoms. The number of benzene rings is 2. The second-order valence-electron chi connectivity index (χ2n) is 7.46. The van der Waals surface area contributed by atoms with E-state index in [9.17, 15) is 4.79 Å². The van der Waals surface area contributed by atoms with Crippen molar-refractivity contribution in [2.75, 3.05) is 44.0 Å². The van der Waals surface area contributed by atoms with Crippen LogP contribution >= 0.6 is 35.6 Å². The molecule has 32 heavy (non-hydrogen) atoms. The second kappa shape index (κ2) is 12.7. The lowest BCUT2D eigenvalue weighted by atomic mass is 10.2. The van der Waals surface area contributed by atoms with Crippen LogP contribution in [0.5, 0.6) is 5.75 Å². The Hall–Kier alpha value is -2.20. The molecule has 7 nitrogen and oxygen atoms in total. The minimum atomic E-state index is -0.0727. The molecule has 174 valence electrons. The van der Waals surface area contributed by atoms with Gasteiger partial charge in [0, 0.05) is 49.9 Å². The number of nitrogens with zero attached hydrogens (tertiary/aromatic N) is 2. The molecule has 0 bridgehead atoms. The number of amides is 1. The number of guanidine groups is 1. The molecule has 0 aromatic heterocycles. The highest BCUT2D eigenvalue weighted by atomic mass is 127. The SMILES string of the molecule is CN=C(NCCC(=O)Nc1cccc(Cl)c1C)NC1CCN(c2ccccc2OC)C1.I. The molecule has 1 amide bonds. The maximum Gasteiger partial charge on any atom is 0.226 e. The van der Waals surface area contributed by atoms with Crippen molar-refractivity contribution in [3.05, 3.63) is 53.1 Å². The van der Waals surface area contributed by atoms with Gasteiger partial charge in [-0.25, -0.2) is 0 Å². The number of carbonyl (C=O) groups excluding carboxylic acids is 1. The molecule has 3 rings (SSSR count). The average Bonchev–Trinajstić information content (AvgIpc) is 3.24. The Morgan fingerprint density at radius 1 is 1.25 bits per heavy atom. The number of methoxy groups -OCH3 is 1. The molecule has 1 heterocycles. The number of aliphatic imine (C=N–C) groups is 1. The molecule has 1 aliphatic heterocycles. The van der Waals surface area contributed by atoms with E-state index in [-0.39, 0.29) is 35.9 Å². The highest BCUT2D eigenvalue weighted by Crippen LogP contribution is 2.30. The summed E-state index contributed by atoms with van der Waals surface area (Å²) >= 11 is 6.11. The molecule has 1 aliphatic rings. The summed E-state index contributed by atoms with van der Waals surface area (Å²) in [5.41, 5.74) is 2.71. The predicted molar refractivity (Wildman–Crippen MR) is 143 cm³/mol. The van der Waals surface area contributed by atoms with Gasteiger partial charge in [-0.05, 0) is 43.2 Å². The fourth-order valence-electron chi connectivity index (χ4n) is 3.63. The molecular formula is C23H31ClIN5O2. The summed E-state index contributed by atoms with van der Waals surface area (Å²) in [6, 6.07) is 13.8. The van der Waals surface area contributed by atoms with E-state index >= 15 is 0 Å². The smallest absolute Gasteiger partial charge is 0.226 e. The quantitative estimate of drug-likeness (QED) is 0.266. The van der Waals surface area contributed by atoms with E-state index < -0.39 is 0 Å². The lowest BCUT2D eigenvalue weighted by Crippen LogP contribution is -2.45. The summed E-state index contributed by atoms with van der Waals surface area (Å²) in [7, 11) is 3.43. The van der Waals surface area contributed by atoms with E-state index in [2.05, 4.69) is 31.9 Å². The summed E-state index contributed by atoms with van der Waals surface area (Å²) in [6.45, 7) is 4.16. The molecule has 0 aliphatic carbocycles. The van der Waals surface area contributed by atoms with Crippen molar-refractivity contribution in [1.29, 1.82) is 0 Å². The van der Waals surface area contributed by atoms with Crippen LogP contribution in [0, 0.1) is 6.92 Å². The highest BCUT2D eigenvalue weighted by Gasteiger charge is 2.25. The fraction of sp³-hybridized carbons (Fsp3) is 0.391. The van der Waals surface area contributed by atoms with Crippen molar-refractivity contribution >= 4 is 58.8 Å². The van der Waals surface area contributed by atoms with Gasteiger partial charge in [-0.2, -0.15) is 0 Å². The lowest BCUT2D eigenvalue weighted by Gasteiger charge is -2.22. The zero-order valence-corrected chi connectivity index (χ0v) is 21.7. The molecule has 2 aromatic rings. The molecule has 0 saturated carbocycles. The maximum atomic E-state index is 12.3. The molecule has 1 saturated heterocycles. The van der Waals surface area contributed by atoms with Gasteiger partial charge in [0.1, 0.15) is 5.75 Å². The van der Waals surface area contributed by atoms with Gasteiger partial charge in [0.05, 0.1) is 12.8 Å². The number of hydrogen-bond acceptors (Lipinski definition) is 4. The second-order valence-corrected chi connectivity index (χ2v) is 7.86. The van der Waals surface area contributed by atoms with Crippen LogP contribution in [-0.4, -0.2) is 51.7 Å². The standard InChI is InChI=1S/C23H30ClN5O2.HI/c1-16-18(24)7-6-8-19(16)28-22(30)11-13-26-23(25-2)27-17-12-14-29(15-17)20-9-4-5-10-21(20)31-3;/h4-10,17H,11-15H2,1-3H3,(H,28,30)(H2,25,26,27);1H. The van der Waals surface area contributed by atoms with Crippen molar-refractivity contribution in [1.82, 2.24) is 10.6 Å². The van der Waals surface area contributed by atoms with Crippen molar-refractivity contribution < 1.29 is 9.53 Å². The topological polar surface area (TPSA) is 78.0 Å². The fourth-order valence-corrected chi connectivity index (χ4v) is 3.80. The van der Waals surface area contributed by atoms with E-state index in [1.807, 2.05) is 43.3 Å². The first-order valence-electron chi connectivity index (χ1n) is 10.4.